The number of esters is 1. The molecule has 0 aliphatic carbocycles. The minimum absolute atomic E-state index is 0.0509. The summed E-state index contributed by atoms with van der Waals surface area (Å²) in [6.07, 6.45) is 0.000838. The van der Waals surface area contributed by atoms with Gasteiger partial charge in [-0.2, -0.15) is 0 Å². The number of aromatic carboxylic acids is 1. The molecule has 2 aliphatic heterocycles. The van der Waals surface area contributed by atoms with Crippen LogP contribution < -0.4 is 20.1 Å². The van der Waals surface area contributed by atoms with Crippen LogP contribution in [0.25, 0.3) is 22.8 Å². The molecular formula is C30H25ClFN11O8. The SMILES string of the molecule is C[C@@H](OC(=O)Cc1c(-c2ccc3c(n2)OCC(=O)N3)nnn1C)c1cc(F)cnc1Cl.Cn1nnc(-c2ccc3c(n2)OCC(=O)N3)c1C(=O)O. The molecule has 51 heavy (non-hydrogen) atoms. The van der Waals surface area contributed by atoms with Crippen LogP contribution >= 0.6 is 11.6 Å². The molecule has 5 aromatic rings. The third-order valence-electron chi connectivity index (χ3n) is 7.30. The van der Waals surface area contributed by atoms with Crippen molar-refractivity contribution >= 4 is 46.7 Å². The molecule has 7 heterocycles. The zero-order valence-electron chi connectivity index (χ0n) is 26.7. The van der Waals surface area contributed by atoms with Crippen LogP contribution in [0, 0.1) is 5.82 Å². The van der Waals surface area contributed by atoms with Crippen LogP contribution in [-0.2, 0) is 39.6 Å². The number of hydrogen-bond donors (Lipinski definition) is 3. The number of nitrogens with zero attached hydrogens (tertiary/aromatic N) is 9. The number of carbonyl (C=O) groups is 4. The minimum Gasteiger partial charge on any atom is -0.476 e. The van der Waals surface area contributed by atoms with Gasteiger partial charge in [0.25, 0.3) is 11.8 Å². The smallest absolute Gasteiger partial charge is 0.356 e. The zero-order valence-corrected chi connectivity index (χ0v) is 27.5. The van der Waals surface area contributed by atoms with Crippen molar-refractivity contribution in [2.75, 3.05) is 23.8 Å². The number of anilines is 2. The van der Waals surface area contributed by atoms with Gasteiger partial charge in [-0.3, -0.25) is 19.1 Å². The van der Waals surface area contributed by atoms with E-state index in [0.717, 1.165) is 10.9 Å². The van der Waals surface area contributed by atoms with Crippen molar-refractivity contribution in [3.63, 3.8) is 0 Å². The molecule has 0 fully saturated rings. The Labute approximate surface area is 290 Å². The molecule has 0 spiro atoms. The Bertz CT molecular complexity index is 2210. The average Bonchev–Trinajstić information content (AvgIpc) is 3.67. The fourth-order valence-corrected chi connectivity index (χ4v) is 5.16. The van der Waals surface area contributed by atoms with Gasteiger partial charge in [0.1, 0.15) is 39.8 Å². The number of ether oxygens (including phenoxy) is 3. The van der Waals surface area contributed by atoms with Crippen LogP contribution in [0.2, 0.25) is 5.15 Å². The van der Waals surface area contributed by atoms with E-state index in [0.29, 0.717) is 34.2 Å². The summed E-state index contributed by atoms with van der Waals surface area (Å²) < 4.78 is 32.0. The largest absolute Gasteiger partial charge is 0.476 e. The van der Waals surface area contributed by atoms with Crippen LogP contribution in [0.1, 0.15) is 34.8 Å². The predicted molar refractivity (Wildman–Crippen MR) is 171 cm³/mol. The maximum Gasteiger partial charge on any atom is 0.356 e. The van der Waals surface area contributed by atoms with E-state index >= 15 is 0 Å². The minimum atomic E-state index is -1.15. The molecule has 0 saturated heterocycles. The lowest BCUT2D eigenvalue weighted by Crippen LogP contribution is -2.26. The number of aromatic nitrogens is 9. The van der Waals surface area contributed by atoms with E-state index in [-0.39, 0.29) is 65.3 Å². The molecule has 0 bridgehead atoms. The van der Waals surface area contributed by atoms with Crippen molar-refractivity contribution in [3.05, 3.63) is 64.5 Å². The fourth-order valence-electron chi connectivity index (χ4n) is 4.90. The van der Waals surface area contributed by atoms with E-state index < -0.39 is 23.9 Å². The summed E-state index contributed by atoms with van der Waals surface area (Å²) in [5.74, 6) is -2.40. The monoisotopic (exact) mass is 721 g/mol. The van der Waals surface area contributed by atoms with Gasteiger partial charge in [-0.05, 0) is 37.3 Å². The highest BCUT2D eigenvalue weighted by Gasteiger charge is 2.25. The highest BCUT2D eigenvalue weighted by atomic mass is 35.5. The number of carboxylic acids is 1. The highest BCUT2D eigenvalue weighted by molar-refractivity contribution is 6.30. The number of halogens is 2. The van der Waals surface area contributed by atoms with Gasteiger partial charge in [0.05, 0.1) is 29.7 Å². The molecule has 19 nitrogen and oxygen atoms in total. The summed E-state index contributed by atoms with van der Waals surface area (Å²) in [4.78, 5) is 58.6. The summed E-state index contributed by atoms with van der Waals surface area (Å²) in [5.41, 5.74) is 2.75. The Kier molecular flexibility index (Phi) is 9.49. The first-order valence-electron chi connectivity index (χ1n) is 14.8. The summed E-state index contributed by atoms with van der Waals surface area (Å²) >= 11 is 5.98. The first kappa shape index (κ1) is 34.3. The number of nitrogens with one attached hydrogen (secondary N) is 2. The van der Waals surface area contributed by atoms with E-state index in [1.165, 1.54) is 17.8 Å². The van der Waals surface area contributed by atoms with Crippen LogP contribution in [0.5, 0.6) is 11.8 Å². The van der Waals surface area contributed by atoms with Crippen molar-refractivity contribution in [3.8, 4) is 34.5 Å². The second-order valence-electron chi connectivity index (χ2n) is 10.8. The number of amides is 2. The molecular weight excluding hydrogens is 697 g/mol. The van der Waals surface area contributed by atoms with Crippen LogP contribution in [0.3, 0.4) is 0 Å². The van der Waals surface area contributed by atoms with E-state index in [9.17, 15) is 23.6 Å². The normalized spacial score (nSPS) is 13.6. The second kappa shape index (κ2) is 14.1. The van der Waals surface area contributed by atoms with E-state index in [1.54, 1.807) is 38.2 Å². The Morgan fingerprint density at radius 1 is 0.961 bits per heavy atom. The van der Waals surface area contributed by atoms with Crippen molar-refractivity contribution in [2.45, 2.75) is 19.4 Å². The van der Waals surface area contributed by atoms with Crippen LogP contribution in [0.4, 0.5) is 15.8 Å². The van der Waals surface area contributed by atoms with Gasteiger partial charge in [-0.25, -0.2) is 28.8 Å². The molecule has 0 saturated carbocycles. The number of rotatable bonds is 7. The lowest BCUT2D eigenvalue weighted by Gasteiger charge is -2.17. The number of aryl methyl sites for hydroxylation is 2. The molecule has 0 radical (unpaired) electrons. The molecule has 1 atom stereocenters. The van der Waals surface area contributed by atoms with E-state index in [4.69, 9.17) is 30.9 Å². The summed E-state index contributed by atoms with van der Waals surface area (Å²) in [6, 6.07) is 7.55. The number of pyridine rings is 3. The molecule has 0 aromatic carbocycles. The molecule has 2 amide bonds. The average molecular weight is 722 g/mol. The molecule has 7 rings (SSSR count). The van der Waals surface area contributed by atoms with Gasteiger partial charge >= 0.3 is 11.9 Å². The summed E-state index contributed by atoms with van der Waals surface area (Å²) in [5, 5.41) is 30.0. The van der Waals surface area contributed by atoms with Crippen LogP contribution in [-0.4, -0.2) is 87.0 Å². The maximum absolute atomic E-state index is 13.5. The van der Waals surface area contributed by atoms with Crippen LogP contribution in [0.15, 0.2) is 36.5 Å². The van der Waals surface area contributed by atoms with Gasteiger partial charge < -0.3 is 30.0 Å². The third kappa shape index (κ3) is 7.39. The molecule has 5 aromatic heterocycles. The topological polar surface area (TPSA) is 240 Å². The lowest BCUT2D eigenvalue weighted by atomic mass is 10.1. The van der Waals surface area contributed by atoms with Gasteiger partial charge in [-0.1, -0.05) is 22.0 Å². The Balaban J connectivity index is 0.000000193. The first-order chi connectivity index (χ1) is 24.4. The van der Waals surface area contributed by atoms with Gasteiger partial charge in [0.15, 0.2) is 18.9 Å². The molecule has 2 aliphatic rings. The van der Waals surface area contributed by atoms with Crippen molar-refractivity contribution in [1.29, 1.82) is 0 Å². The number of fused-ring (bicyclic) bond motifs is 2. The Hall–Kier alpha value is -6.57. The van der Waals surface area contributed by atoms with Crippen molar-refractivity contribution in [2.24, 2.45) is 14.1 Å². The number of carboxylic acid groups (broad SMARTS) is 1. The third-order valence-corrected chi connectivity index (χ3v) is 7.61. The summed E-state index contributed by atoms with van der Waals surface area (Å²) in [6.45, 7) is 1.30. The second-order valence-corrected chi connectivity index (χ2v) is 11.2. The molecule has 262 valence electrons. The quantitative estimate of drug-likeness (QED) is 0.161. The van der Waals surface area contributed by atoms with Gasteiger partial charge in [-0.15, -0.1) is 10.2 Å². The van der Waals surface area contributed by atoms with Gasteiger partial charge in [0, 0.05) is 19.7 Å². The summed E-state index contributed by atoms with van der Waals surface area (Å²) in [7, 11) is 3.11. The lowest BCUT2D eigenvalue weighted by molar-refractivity contribution is -0.147. The number of hydrogen-bond acceptors (Lipinski definition) is 14. The van der Waals surface area contributed by atoms with Gasteiger partial charge in [0.2, 0.25) is 11.8 Å². The molecule has 0 unspecified atom stereocenters. The van der Waals surface area contributed by atoms with E-state index in [1.807, 2.05) is 0 Å². The predicted octanol–water partition coefficient (Wildman–Crippen LogP) is 2.15. The number of carbonyl (C=O) groups excluding carboxylic acids is 3. The molecule has 21 heteroatoms. The Morgan fingerprint density at radius 3 is 2.14 bits per heavy atom. The Morgan fingerprint density at radius 2 is 1.53 bits per heavy atom. The standard InChI is InChI=1S/C19H16ClFN6O4.C11H9N5O4/c1-9(11-5-10(21)7-22-18(11)20)31-16(29)6-14-17(25-26-27(14)2)12-3-4-13-19(24-12)30-8-15(28)23-13;1-16-9(11(18)19)8(14-15-16)5-2-3-6-10(13-5)20-4-7(17)12-6/h3-5,7,9H,6,8H2,1-2H3,(H,23,28);2-3H,4H2,1H3,(H,12,17)(H,18,19)/t9-;/m1./s1. The maximum atomic E-state index is 13.5. The first-order valence-corrected chi connectivity index (χ1v) is 15.2. The fraction of sp³-hybridized carbons (Fsp3) is 0.233. The zero-order chi connectivity index (χ0) is 36.4. The molecule has 3 N–H and O–H groups in total. The van der Waals surface area contributed by atoms with E-state index in [2.05, 4.69) is 46.2 Å². The highest BCUT2D eigenvalue weighted by Crippen LogP contribution is 2.31. The van der Waals surface area contributed by atoms with Crippen molar-refractivity contribution < 1.29 is 42.9 Å². The van der Waals surface area contributed by atoms with Crippen molar-refractivity contribution in [1.82, 2.24) is 44.9 Å².